The number of benzene rings is 1. The highest BCUT2D eigenvalue weighted by molar-refractivity contribution is 5.96. The summed E-state index contributed by atoms with van der Waals surface area (Å²) in [7, 11) is 0. The van der Waals surface area contributed by atoms with Crippen molar-refractivity contribution in [3.05, 3.63) is 59.9 Å². The minimum Gasteiger partial charge on any atom is -0.381 e. The molecule has 0 bridgehead atoms. The normalized spacial score (nSPS) is 25.7. The molecule has 144 valence electrons. The molecular weight excluding hydrogens is 356 g/mol. The van der Waals surface area contributed by atoms with Gasteiger partial charge in [0.15, 0.2) is 5.72 Å². The van der Waals surface area contributed by atoms with E-state index in [1.807, 2.05) is 46.2 Å². The Bertz CT molecular complexity index is 902. The van der Waals surface area contributed by atoms with E-state index in [9.17, 15) is 9.59 Å². The number of carbonyl (C=O) groups excluding carboxylic acids is 2. The van der Waals surface area contributed by atoms with E-state index in [4.69, 9.17) is 4.74 Å². The molecule has 3 saturated heterocycles. The van der Waals surface area contributed by atoms with Gasteiger partial charge in [-0.15, -0.1) is 0 Å². The molecule has 0 radical (unpaired) electrons. The van der Waals surface area contributed by atoms with Crippen LogP contribution < -0.4 is 5.32 Å². The van der Waals surface area contributed by atoms with Gasteiger partial charge in [-0.2, -0.15) is 0 Å². The number of pyridine rings is 1. The number of anilines is 1. The zero-order chi connectivity index (χ0) is 19.1. The van der Waals surface area contributed by atoms with Crippen molar-refractivity contribution < 1.29 is 14.3 Å². The SMILES string of the molecule is O=C(c1ccc(NCc2ccncc2)cc1)N1CC[C@@]23OCCN2C(=O)C[C@@H]13. The van der Waals surface area contributed by atoms with Crippen molar-refractivity contribution in [3.8, 4) is 0 Å². The van der Waals surface area contributed by atoms with Crippen LogP contribution in [0.3, 0.4) is 0 Å². The quantitative estimate of drug-likeness (QED) is 0.879. The van der Waals surface area contributed by atoms with Crippen molar-refractivity contribution in [1.82, 2.24) is 14.8 Å². The van der Waals surface area contributed by atoms with Gasteiger partial charge in [-0.3, -0.25) is 14.6 Å². The lowest BCUT2D eigenvalue weighted by Gasteiger charge is -2.31. The van der Waals surface area contributed by atoms with Gasteiger partial charge < -0.3 is 19.9 Å². The first-order valence-electron chi connectivity index (χ1n) is 9.66. The van der Waals surface area contributed by atoms with Crippen molar-refractivity contribution in [2.24, 2.45) is 0 Å². The Morgan fingerprint density at radius 1 is 1.18 bits per heavy atom. The van der Waals surface area contributed by atoms with Gasteiger partial charge in [-0.25, -0.2) is 0 Å². The third kappa shape index (κ3) is 2.65. The molecule has 1 N–H and O–H groups in total. The summed E-state index contributed by atoms with van der Waals surface area (Å²) in [5.74, 6) is 0.0587. The predicted molar refractivity (Wildman–Crippen MR) is 102 cm³/mol. The molecule has 0 aliphatic carbocycles. The zero-order valence-corrected chi connectivity index (χ0v) is 15.5. The molecule has 1 aromatic heterocycles. The number of hydrogen-bond donors (Lipinski definition) is 1. The summed E-state index contributed by atoms with van der Waals surface area (Å²) in [5, 5.41) is 3.34. The average Bonchev–Trinajstić information content (AvgIpc) is 3.38. The smallest absolute Gasteiger partial charge is 0.254 e. The van der Waals surface area contributed by atoms with Crippen molar-refractivity contribution in [3.63, 3.8) is 0 Å². The number of ether oxygens (including phenoxy) is 1. The highest BCUT2D eigenvalue weighted by Crippen LogP contribution is 2.45. The maximum Gasteiger partial charge on any atom is 0.254 e. The maximum atomic E-state index is 13.1. The van der Waals surface area contributed by atoms with Crippen LogP contribution in [-0.4, -0.2) is 58.1 Å². The molecule has 5 rings (SSSR count). The molecule has 4 heterocycles. The Labute approximate surface area is 163 Å². The fourth-order valence-electron chi connectivity index (χ4n) is 4.64. The average molecular weight is 378 g/mol. The van der Waals surface area contributed by atoms with E-state index in [-0.39, 0.29) is 17.9 Å². The Morgan fingerprint density at radius 3 is 2.75 bits per heavy atom. The summed E-state index contributed by atoms with van der Waals surface area (Å²) < 4.78 is 5.96. The van der Waals surface area contributed by atoms with Gasteiger partial charge in [-0.1, -0.05) is 0 Å². The second-order valence-electron chi connectivity index (χ2n) is 7.49. The van der Waals surface area contributed by atoms with E-state index >= 15 is 0 Å². The van der Waals surface area contributed by atoms with Gasteiger partial charge >= 0.3 is 0 Å². The molecule has 0 unspecified atom stereocenters. The van der Waals surface area contributed by atoms with Crippen molar-refractivity contribution in [2.75, 3.05) is 25.0 Å². The second kappa shape index (κ2) is 6.60. The van der Waals surface area contributed by atoms with Crippen LogP contribution in [0.25, 0.3) is 0 Å². The van der Waals surface area contributed by atoms with Gasteiger partial charge in [0, 0.05) is 49.7 Å². The van der Waals surface area contributed by atoms with E-state index < -0.39 is 5.72 Å². The lowest BCUT2D eigenvalue weighted by Crippen LogP contribution is -2.48. The zero-order valence-electron chi connectivity index (χ0n) is 15.5. The van der Waals surface area contributed by atoms with E-state index in [1.165, 1.54) is 0 Å². The number of nitrogens with one attached hydrogen (secondary N) is 1. The standard InChI is InChI=1S/C21H22N4O3/c26-19-13-18-21(25(19)11-12-28-21)7-10-24(18)20(27)16-1-3-17(4-2-16)23-14-15-5-8-22-9-6-15/h1-6,8-9,18,23H,7,10-14H2/t18-,21+/m1/s1. The molecule has 28 heavy (non-hydrogen) atoms. The Balaban J connectivity index is 1.28. The van der Waals surface area contributed by atoms with Crippen LogP contribution in [0, 0.1) is 0 Å². The largest absolute Gasteiger partial charge is 0.381 e. The Morgan fingerprint density at radius 2 is 1.96 bits per heavy atom. The van der Waals surface area contributed by atoms with Gasteiger partial charge in [-0.05, 0) is 42.0 Å². The summed E-state index contributed by atoms with van der Waals surface area (Å²) in [6, 6.07) is 11.3. The molecule has 1 aromatic carbocycles. The minimum absolute atomic E-state index is 0.0345. The highest BCUT2D eigenvalue weighted by atomic mass is 16.5. The first-order valence-corrected chi connectivity index (χ1v) is 9.66. The molecule has 7 heteroatoms. The van der Waals surface area contributed by atoms with Crippen LogP contribution in [0.4, 0.5) is 5.69 Å². The predicted octanol–water partition coefficient (Wildman–Crippen LogP) is 1.87. The van der Waals surface area contributed by atoms with E-state index in [1.54, 1.807) is 12.4 Å². The number of aromatic nitrogens is 1. The molecule has 3 aliphatic heterocycles. The van der Waals surface area contributed by atoms with Crippen LogP contribution in [0.15, 0.2) is 48.8 Å². The fourth-order valence-corrected chi connectivity index (χ4v) is 4.64. The van der Waals surface area contributed by atoms with Crippen LogP contribution >= 0.6 is 0 Å². The molecule has 3 aliphatic rings. The number of carbonyl (C=O) groups is 2. The Hall–Kier alpha value is -2.93. The van der Waals surface area contributed by atoms with Crippen LogP contribution in [0.1, 0.15) is 28.8 Å². The summed E-state index contributed by atoms with van der Waals surface area (Å²) >= 11 is 0. The molecule has 2 atom stereocenters. The molecular formula is C21H22N4O3. The van der Waals surface area contributed by atoms with E-state index in [2.05, 4.69) is 10.3 Å². The van der Waals surface area contributed by atoms with Crippen LogP contribution in [-0.2, 0) is 16.1 Å². The molecule has 1 spiro atoms. The summed E-state index contributed by atoms with van der Waals surface area (Å²) in [6.07, 6.45) is 4.59. The summed E-state index contributed by atoms with van der Waals surface area (Å²) in [4.78, 5) is 33.0. The van der Waals surface area contributed by atoms with Gasteiger partial charge in [0.2, 0.25) is 5.91 Å². The number of rotatable bonds is 4. The van der Waals surface area contributed by atoms with Gasteiger partial charge in [0.1, 0.15) is 0 Å². The number of hydrogen-bond acceptors (Lipinski definition) is 5. The minimum atomic E-state index is -0.585. The first-order chi connectivity index (χ1) is 13.7. The molecule has 3 fully saturated rings. The third-order valence-electron chi connectivity index (χ3n) is 6.04. The maximum absolute atomic E-state index is 13.1. The number of likely N-dealkylation sites (tertiary alicyclic amines) is 1. The number of amides is 2. The monoisotopic (exact) mass is 378 g/mol. The molecule has 2 amide bonds. The van der Waals surface area contributed by atoms with Crippen LogP contribution in [0.2, 0.25) is 0 Å². The van der Waals surface area contributed by atoms with Crippen molar-refractivity contribution in [2.45, 2.75) is 31.2 Å². The lowest BCUT2D eigenvalue weighted by molar-refractivity contribution is -0.136. The Kier molecular flexibility index (Phi) is 4.05. The van der Waals surface area contributed by atoms with Gasteiger partial charge in [0.05, 0.1) is 19.1 Å². The van der Waals surface area contributed by atoms with Crippen molar-refractivity contribution >= 4 is 17.5 Å². The second-order valence-corrected chi connectivity index (χ2v) is 7.49. The van der Waals surface area contributed by atoms with Gasteiger partial charge in [0.25, 0.3) is 5.91 Å². The molecule has 7 nitrogen and oxygen atoms in total. The van der Waals surface area contributed by atoms with E-state index in [0.717, 1.165) is 11.3 Å². The summed E-state index contributed by atoms with van der Waals surface area (Å²) in [5.41, 5.74) is 2.14. The molecule has 2 aromatic rings. The lowest BCUT2D eigenvalue weighted by atomic mass is 10.1. The fraction of sp³-hybridized carbons (Fsp3) is 0.381. The topological polar surface area (TPSA) is 74.8 Å². The first kappa shape index (κ1) is 17.2. The third-order valence-corrected chi connectivity index (χ3v) is 6.04. The highest BCUT2D eigenvalue weighted by Gasteiger charge is 2.62. The number of nitrogens with zero attached hydrogens (tertiary/aromatic N) is 3. The van der Waals surface area contributed by atoms with Crippen molar-refractivity contribution in [1.29, 1.82) is 0 Å². The van der Waals surface area contributed by atoms with Crippen LogP contribution in [0.5, 0.6) is 0 Å². The summed E-state index contributed by atoms with van der Waals surface area (Å²) in [6.45, 7) is 2.51. The molecule has 0 saturated carbocycles. The van der Waals surface area contributed by atoms with E-state index in [0.29, 0.717) is 44.6 Å².